The SMILES string of the molecule is O=C(Nc1cnccc1NC(O)C1CC1n1nc(C(=O)Nc2cnccc2NC(=O)C2CC2)c2cc(-c3cncc(CN4CCOCC4)c3)ccc21)c1n[nH]c2ccc(-c3cncc(CN4CCC(O)CC4)c3)cc12. The molecule has 3 atom stereocenters. The Labute approximate surface area is 431 Å². The van der Waals surface area contributed by atoms with E-state index in [1.807, 2.05) is 55.0 Å². The van der Waals surface area contributed by atoms with Gasteiger partial charge in [0.2, 0.25) is 5.91 Å². The fourth-order valence-corrected chi connectivity index (χ4v) is 10.2. The Hall–Kier alpha value is -8.01. The molecule has 12 rings (SSSR count). The molecule has 0 radical (unpaired) electrons. The van der Waals surface area contributed by atoms with Gasteiger partial charge in [-0.15, -0.1) is 0 Å². The van der Waals surface area contributed by atoms with Crippen LogP contribution in [0.25, 0.3) is 44.1 Å². The largest absolute Gasteiger partial charge is 0.393 e. The van der Waals surface area contributed by atoms with Crippen LogP contribution in [0, 0.1) is 11.8 Å². The van der Waals surface area contributed by atoms with Gasteiger partial charge in [-0.3, -0.25) is 53.9 Å². The first-order valence-electron chi connectivity index (χ1n) is 25.5. The smallest absolute Gasteiger partial charge is 0.276 e. The summed E-state index contributed by atoms with van der Waals surface area (Å²) in [5.41, 5.74) is 8.97. The molecule has 2 saturated carbocycles. The zero-order valence-electron chi connectivity index (χ0n) is 41.0. The fourth-order valence-electron chi connectivity index (χ4n) is 10.2. The predicted molar refractivity (Wildman–Crippen MR) is 281 cm³/mol. The number of benzene rings is 2. The highest BCUT2D eigenvalue weighted by Gasteiger charge is 2.46. The van der Waals surface area contributed by atoms with Crippen LogP contribution in [-0.4, -0.2) is 129 Å². The summed E-state index contributed by atoms with van der Waals surface area (Å²) in [6.07, 6.45) is 15.9. The van der Waals surface area contributed by atoms with Crippen molar-refractivity contribution in [3.05, 3.63) is 133 Å². The Bertz CT molecular complexity index is 3440. The number of nitrogens with one attached hydrogen (secondary N) is 5. The van der Waals surface area contributed by atoms with Gasteiger partial charge in [0.25, 0.3) is 11.8 Å². The van der Waals surface area contributed by atoms with Gasteiger partial charge in [-0.1, -0.05) is 12.1 Å². The number of H-pyrrole nitrogens is 1. The van der Waals surface area contributed by atoms with Gasteiger partial charge in [-0.25, -0.2) is 0 Å². The quantitative estimate of drug-likeness (QED) is 0.0513. The number of aromatic nitrogens is 8. The number of morpholine rings is 1. The second-order valence-corrected chi connectivity index (χ2v) is 20.0. The number of carbonyl (C=O) groups excluding carboxylic acids is 3. The first-order chi connectivity index (χ1) is 36.7. The monoisotopic (exact) mass is 1010 g/mol. The summed E-state index contributed by atoms with van der Waals surface area (Å²) in [5.74, 6) is -1.43. The van der Waals surface area contributed by atoms with Gasteiger partial charge in [0.15, 0.2) is 11.4 Å². The lowest BCUT2D eigenvalue weighted by atomic mass is 10.0. The van der Waals surface area contributed by atoms with E-state index in [1.54, 1.807) is 35.4 Å². The third kappa shape index (κ3) is 10.6. The maximum Gasteiger partial charge on any atom is 0.276 e. The number of hydrogen-bond acceptors (Lipinski definition) is 15. The molecule has 2 saturated heterocycles. The van der Waals surface area contributed by atoms with Crippen LogP contribution in [0.5, 0.6) is 0 Å². The number of piperidine rings is 1. The van der Waals surface area contributed by atoms with Crippen molar-refractivity contribution in [2.24, 2.45) is 11.8 Å². The van der Waals surface area contributed by atoms with Crippen molar-refractivity contribution in [1.29, 1.82) is 0 Å². The average Bonchev–Trinajstić information content (AvgIpc) is 4.37. The van der Waals surface area contributed by atoms with E-state index in [1.165, 1.54) is 12.4 Å². The summed E-state index contributed by atoms with van der Waals surface area (Å²) in [6, 6.07) is 18.9. The fraction of sp³-hybridized carbons (Fsp3) is 0.327. The van der Waals surface area contributed by atoms with Crippen molar-refractivity contribution < 1.29 is 29.3 Å². The molecular formula is C55H56N14O6. The van der Waals surface area contributed by atoms with Gasteiger partial charge >= 0.3 is 0 Å². The van der Waals surface area contributed by atoms with E-state index in [2.05, 4.69) is 73.3 Å². The highest BCUT2D eigenvalue weighted by Crippen LogP contribution is 2.48. The second kappa shape index (κ2) is 20.7. The molecule has 0 spiro atoms. The van der Waals surface area contributed by atoms with Gasteiger partial charge in [-0.2, -0.15) is 10.2 Å². The number of ether oxygens (including phenoxy) is 1. The number of aliphatic hydroxyl groups is 2. The first-order valence-corrected chi connectivity index (χ1v) is 25.5. The van der Waals surface area contributed by atoms with Gasteiger partial charge in [-0.05, 0) is 103 Å². The van der Waals surface area contributed by atoms with E-state index in [0.717, 1.165) is 98.3 Å². The van der Waals surface area contributed by atoms with Crippen molar-refractivity contribution in [3.63, 3.8) is 0 Å². The van der Waals surface area contributed by atoms with Crippen LogP contribution in [0.1, 0.15) is 70.2 Å². The predicted octanol–water partition coefficient (Wildman–Crippen LogP) is 6.46. The molecule has 4 fully saturated rings. The summed E-state index contributed by atoms with van der Waals surface area (Å²) >= 11 is 0. The summed E-state index contributed by atoms with van der Waals surface area (Å²) in [7, 11) is 0. The van der Waals surface area contributed by atoms with Crippen LogP contribution in [0.4, 0.5) is 22.7 Å². The van der Waals surface area contributed by atoms with E-state index < -0.39 is 18.0 Å². The number of aliphatic hydroxyl groups excluding tert-OH is 2. The number of pyridine rings is 4. The van der Waals surface area contributed by atoms with Crippen LogP contribution in [0.3, 0.4) is 0 Å². The minimum atomic E-state index is -1.09. The molecule has 3 amide bonds. The number of hydrogen-bond donors (Lipinski definition) is 7. The van der Waals surface area contributed by atoms with Crippen LogP contribution < -0.4 is 21.3 Å². The number of anilines is 4. The number of likely N-dealkylation sites (tertiary alicyclic amines) is 1. The topological polar surface area (TPSA) is 254 Å². The van der Waals surface area contributed by atoms with Gasteiger partial charge in [0.1, 0.15) is 6.23 Å². The minimum Gasteiger partial charge on any atom is -0.393 e. The highest BCUT2D eigenvalue weighted by atomic mass is 16.5. The van der Waals surface area contributed by atoms with Gasteiger partial charge in [0, 0.05) is 110 Å². The molecule has 8 aromatic rings. The van der Waals surface area contributed by atoms with Crippen LogP contribution >= 0.6 is 0 Å². The molecule has 2 aromatic carbocycles. The molecule has 4 aliphatic rings. The van der Waals surface area contributed by atoms with E-state index in [9.17, 15) is 24.6 Å². The molecule has 20 heteroatoms. The number of carbonyl (C=O) groups is 3. The number of aromatic amines is 1. The molecule has 6 aromatic heterocycles. The summed E-state index contributed by atoms with van der Waals surface area (Å²) in [6.45, 7) is 6.21. The molecule has 8 heterocycles. The van der Waals surface area contributed by atoms with Gasteiger partial charge < -0.3 is 36.2 Å². The molecule has 20 nitrogen and oxygen atoms in total. The maximum atomic E-state index is 14.4. The molecule has 2 aliphatic heterocycles. The van der Waals surface area contributed by atoms with Crippen LogP contribution in [0.15, 0.2) is 110 Å². The maximum absolute atomic E-state index is 14.4. The van der Waals surface area contributed by atoms with Crippen molar-refractivity contribution in [2.75, 3.05) is 60.7 Å². The molecule has 2 aliphatic carbocycles. The van der Waals surface area contributed by atoms with Crippen molar-refractivity contribution in [1.82, 2.24) is 49.7 Å². The van der Waals surface area contributed by atoms with Crippen LogP contribution in [0.2, 0.25) is 0 Å². The Morgan fingerprint density at radius 3 is 1.97 bits per heavy atom. The van der Waals surface area contributed by atoms with E-state index in [4.69, 9.17) is 9.84 Å². The van der Waals surface area contributed by atoms with E-state index in [-0.39, 0.29) is 41.3 Å². The third-order valence-electron chi connectivity index (χ3n) is 14.6. The Morgan fingerprint density at radius 1 is 0.653 bits per heavy atom. The number of rotatable bonds is 16. The summed E-state index contributed by atoms with van der Waals surface area (Å²) < 4.78 is 7.35. The summed E-state index contributed by atoms with van der Waals surface area (Å²) in [4.78, 5) is 63.5. The van der Waals surface area contributed by atoms with E-state index in [0.29, 0.717) is 64.2 Å². The second-order valence-electron chi connectivity index (χ2n) is 20.0. The average molecular weight is 1010 g/mol. The molecule has 7 N–H and O–H groups in total. The Balaban J connectivity index is 0.774. The molecule has 0 bridgehead atoms. The number of fused-ring (bicyclic) bond motifs is 2. The lowest BCUT2D eigenvalue weighted by Crippen LogP contribution is -2.35. The lowest BCUT2D eigenvalue weighted by Gasteiger charge is -2.29. The molecular weight excluding hydrogens is 953 g/mol. The number of nitrogens with zero attached hydrogens (tertiary/aromatic N) is 9. The number of amides is 3. The van der Waals surface area contributed by atoms with Gasteiger partial charge in [0.05, 0.1) is 71.5 Å². The zero-order chi connectivity index (χ0) is 51.0. The molecule has 75 heavy (non-hydrogen) atoms. The molecule has 3 unspecified atom stereocenters. The lowest BCUT2D eigenvalue weighted by molar-refractivity contribution is -0.117. The van der Waals surface area contributed by atoms with Crippen LogP contribution in [-0.2, 0) is 22.6 Å². The first kappa shape index (κ1) is 48.0. The van der Waals surface area contributed by atoms with E-state index >= 15 is 0 Å². The summed E-state index contributed by atoms with van der Waals surface area (Å²) in [5, 5.41) is 47.4. The highest BCUT2D eigenvalue weighted by molar-refractivity contribution is 6.14. The minimum absolute atomic E-state index is 0.0415. The third-order valence-corrected chi connectivity index (χ3v) is 14.6. The standard InChI is InChI=1S/C55H56N14O6/c70-39-9-13-67(14-10-39)30-32-19-37(26-58-24-32)35-3-5-43-40(21-35)50(65-64-43)54(73)62-47-29-57-12-8-45(47)61-53(72)42-23-49(42)69-48-6-4-36(38-20-33(25-59-27-38)31-68-15-17-75-18-16-68)22-41(48)51(66-69)55(74)63-46-28-56-11-7-44(46)60-52(71)34-1-2-34/h3-8,11-12,19-22,24-29,34,39,42,49,53,70,72H,1-2,9-10,13-18,23,30-31H2,(H,57,61)(H,62,73)(H,63,74)(H,64,65)(H,56,60,71). The Kier molecular flexibility index (Phi) is 13.2. The van der Waals surface area contributed by atoms with Crippen molar-refractivity contribution in [3.8, 4) is 22.3 Å². The normalized spacial score (nSPS) is 18.7. The van der Waals surface area contributed by atoms with Crippen molar-refractivity contribution in [2.45, 2.75) is 63.6 Å². The zero-order valence-corrected chi connectivity index (χ0v) is 41.0. The molecule has 382 valence electrons. The Morgan fingerprint density at radius 2 is 1.28 bits per heavy atom. The van der Waals surface area contributed by atoms with Crippen molar-refractivity contribution >= 4 is 62.3 Å².